The van der Waals surface area contributed by atoms with Gasteiger partial charge < -0.3 is 9.42 Å². The number of nitrogens with zero attached hydrogens (tertiary/aromatic N) is 2. The number of hydrogen-bond donors (Lipinski definition) is 0. The van der Waals surface area contributed by atoms with Crippen molar-refractivity contribution in [2.75, 3.05) is 6.54 Å². The second-order valence-corrected chi connectivity index (χ2v) is 5.52. The summed E-state index contributed by atoms with van der Waals surface area (Å²) in [6.45, 7) is 2.35. The summed E-state index contributed by atoms with van der Waals surface area (Å²) in [7, 11) is 0. The lowest BCUT2D eigenvalue weighted by Gasteiger charge is -2.23. The second-order valence-electron chi connectivity index (χ2n) is 5.12. The average Bonchev–Trinajstić information content (AvgIpc) is 3.06. The van der Waals surface area contributed by atoms with E-state index in [1.807, 2.05) is 0 Å². The summed E-state index contributed by atoms with van der Waals surface area (Å²) >= 11 is 5.98. The van der Waals surface area contributed by atoms with E-state index < -0.39 is 11.7 Å². The summed E-state index contributed by atoms with van der Waals surface area (Å²) in [5, 5.41) is 4.10. The van der Waals surface area contributed by atoms with Gasteiger partial charge in [-0.1, -0.05) is 22.8 Å². The molecule has 1 fully saturated rings. The Bertz CT molecular complexity index is 666. The van der Waals surface area contributed by atoms with Gasteiger partial charge in [-0.25, -0.2) is 4.39 Å². The fourth-order valence-corrected chi connectivity index (χ4v) is 2.95. The van der Waals surface area contributed by atoms with Gasteiger partial charge in [0.05, 0.1) is 16.6 Å². The molecule has 1 aromatic heterocycles. The fraction of sp³-hybridized carbons (Fsp3) is 0.333. The normalized spacial score (nSPS) is 18.2. The molecule has 3 rings (SSSR count). The quantitative estimate of drug-likeness (QED) is 0.848. The molecule has 0 unspecified atom stereocenters. The summed E-state index contributed by atoms with van der Waals surface area (Å²) in [6, 6.07) is 5.86. The van der Waals surface area contributed by atoms with Gasteiger partial charge in [0, 0.05) is 12.6 Å². The number of carbonyl (C=O) groups excluding carboxylic acids is 1. The van der Waals surface area contributed by atoms with Crippen LogP contribution < -0.4 is 0 Å². The number of aryl methyl sites for hydroxylation is 1. The van der Waals surface area contributed by atoms with E-state index in [1.165, 1.54) is 18.2 Å². The maximum atomic E-state index is 13.9. The zero-order chi connectivity index (χ0) is 15.0. The van der Waals surface area contributed by atoms with Crippen molar-refractivity contribution in [2.24, 2.45) is 0 Å². The standard InChI is InChI=1S/C15H14ClFN2O2/c1-9-8-12(18-21-9)13-6-3-7-19(13)15(20)14-10(16)4-2-5-11(14)17/h2,4-5,8,13H,3,6-7H2,1H3/t13-/m0/s1. The van der Waals surface area contributed by atoms with Crippen molar-refractivity contribution in [3.05, 3.63) is 52.1 Å². The molecule has 0 aliphatic carbocycles. The predicted octanol–water partition coefficient (Wildman–Crippen LogP) is 3.75. The molecule has 110 valence electrons. The van der Waals surface area contributed by atoms with Crippen LogP contribution in [0.4, 0.5) is 4.39 Å². The number of benzene rings is 1. The van der Waals surface area contributed by atoms with Gasteiger partial charge in [0.2, 0.25) is 0 Å². The highest BCUT2D eigenvalue weighted by Crippen LogP contribution is 2.34. The van der Waals surface area contributed by atoms with Gasteiger partial charge in [0.25, 0.3) is 5.91 Å². The van der Waals surface area contributed by atoms with Crippen molar-refractivity contribution in [1.82, 2.24) is 10.1 Å². The highest BCUT2D eigenvalue weighted by Gasteiger charge is 2.34. The SMILES string of the molecule is Cc1cc([C@@H]2CCCN2C(=O)c2c(F)cccc2Cl)no1. The minimum Gasteiger partial charge on any atom is -0.361 e. The van der Waals surface area contributed by atoms with Crippen molar-refractivity contribution >= 4 is 17.5 Å². The largest absolute Gasteiger partial charge is 0.361 e. The van der Waals surface area contributed by atoms with Crippen molar-refractivity contribution in [2.45, 2.75) is 25.8 Å². The van der Waals surface area contributed by atoms with Gasteiger partial charge in [-0.15, -0.1) is 0 Å². The van der Waals surface area contributed by atoms with E-state index in [0.29, 0.717) is 18.0 Å². The Balaban J connectivity index is 1.93. The minimum absolute atomic E-state index is 0.0775. The first-order valence-corrected chi connectivity index (χ1v) is 7.14. The number of halogens is 2. The molecule has 0 saturated carbocycles. The molecule has 21 heavy (non-hydrogen) atoms. The molecule has 1 aliphatic heterocycles. The highest BCUT2D eigenvalue weighted by molar-refractivity contribution is 6.33. The first-order valence-electron chi connectivity index (χ1n) is 6.76. The lowest BCUT2D eigenvalue weighted by Crippen LogP contribution is -2.31. The van der Waals surface area contributed by atoms with Gasteiger partial charge in [-0.2, -0.15) is 0 Å². The monoisotopic (exact) mass is 308 g/mol. The first-order chi connectivity index (χ1) is 10.1. The Morgan fingerprint density at radius 3 is 3.00 bits per heavy atom. The van der Waals surface area contributed by atoms with Crippen LogP contribution in [0.15, 0.2) is 28.8 Å². The number of carbonyl (C=O) groups is 1. The highest BCUT2D eigenvalue weighted by atomic mass is 35.5. The number of amides is 1. The maximum absolute atomic E-state index is 13.9. The molecule has 0 radical (unpaired) electrons. The van der Waals surface area contributed by atoms with Crippen LogP contribution in [0.5, 0.6) is 0 Å². The van der Waals surface area contributed by atoms with E-state index in [2.05, 4.69) is 5.16 Å². The molecule has 0 bridgehead atoms. The van der Waals surface area contributed by atoms with Crippen LogP contribution in [0.25, 0.3) is 0 Å². The van der Waals surface area contributed by atoms with Gasteiger partial charge in [0.1, 0.15) is 17.3 Å². The Labute approximate surface area is 126 Å². The third kappa shape index (κ3) is 2.53. The van der Waals surface area contributed by atoms with Gasteiger partial charge in [-0.05, 0) is 31.9 Å². The molecule has 1 saturated heterocycles. The molecular weight excluding hydrogens is 295 g/mol. The smallest absolute Gasteiger partial charge is 0.258 e. The van der Waals surface area contributed by atoms with Crippen molar-refractivity contribution in [3.63, 3.8) is 0 Å². The van der Waals surface area contributed by atoms with E-state index in [1.54, 1.807) is 17.9 Å². The molecule has 2 heterocycles. The third-order valence-corrected chi connectivity index (χ3v) is 3.99. The average molecular weight is 309 g/mol. The van der Waals surface area contributed by atoms with Crippen LogP contribution in [-0.4, -0.2) is 22.5 Å². The zero-order valence-corrected chi connectivity index (χ0v) is 12.2. The van der Waals surface area contributed by atoms with Gasteiger partial charge in [0.15, 0.2) is 0 Å². The molecule has 1 amide bonds. The van der Waals surface area contributed by atoms with Crippen LogP contribution in [0.3, 0.4) is 0 Å². The lowest BCUT2D eigenvalue weighted by molar-refractivity contribution is 0.0726. The molecule has 6 heteroatoms. The number of aromatic nitrogens is 1. The van der Waals surface area contributed by atoms with Crippen LogP contribution in [0, 0.1) is 12.7 Å². The topological polar surface area (TPSA) is 46.3 Å². The summed E-state index contributed by atoms with van der Waals surface area (Å²) in [5.41, 5.74) is 0.622. The van der Waals surface area contributed by atoms with Crippen molar-refractivity contribution < 1.29 is 13.7 Å². The molecule has 4 nitrogen and oxygen atoms in total. The van der Waals surface area contributed by atoms with E-state index in [-0.39, 0.29) is 16.6 Å². The van der Waals surface area contributed by atoms with Gasteiger partial charge >= 0.3 is 0 Å². The fourth-order valence-electron chi connectivity index (χ4n) is 2.71. The summed E-state index contributed by atoms with van der Waals surface area (Å²) in [5.74, 6) is -0.316. The molecule has 1 aliphatic rings. The molecular formula is C15H14ClFN2O2. The predicted molar refractivity (Wildman–Crippen MR) is 75.7 cm³/mol. The Morgan fingerprint density at radius 1 is 1.52 bits per heavy atom. The lowest BCUT2D eigenvalue weighted by atomic mass is 10.1. The number of hydrogen-bond acceptors (Lipinski definition) is 3. The van der Waals surface area contributed by atoms with Gasteiger partial charge in [-0.3, -0.25) is 4.79 Å². The number of rotatable bonds is 2. The molecule has 2 aromatic rings. The molecule has 1 atom stereocenters. The molecule has 0 spiro atoms. The van der Waals surface area contributed by atoms with Crippen LogP contribution in [-0.2, 0) is 0 Å². The van der Waals surface area contributed by atoms with E-state index in [0.717, 1.165) is 12.8 Å². The zero-order valence-electron chi connectivity index (χ0n) is 11.5. The molecule has 0 N–H and O–H groups in total. The minimum atomic E-state index is -0.602. The number of likely N-dealkylation sites (tertiary alicyclic amines) is 1. The Hall–Kier alpha value is -1.88. The second kappa shape index (κ2) is 5.48. The summed E-state index contributed by atoms with van der Waals surface area (Å²) in [6.07, 6.45) is 1.62. The summed E-state index contributed by atoms with van der Waals surface area (Å²) in [4.78, 5) is 14.2. The van der Waals surface area contributed by atoms with E-state index in [4.69, 9.17) is 16.1 Å². The van der Waals surface area contributed by atoms with Crippen LogP contribution >= 0.6 is 11.6 Å². The van der Waals surface area contributed by atoms with Crippen LogP contribution in [0.1, 0.15) is 40.7 Å². The molecule has 1 aromatic carbocycles. The summed E-state index contributed by atoms with van der Waals surface area (Å²) < 4.78 is 19.0. The first kappa shape index (κ1) is 14.1. The van der Waals surface area contributed by atoms with Crippen LogP contribution in [0.2, 0.25) is 5.02 Å². The third-order valence-electron chi connectivity index (χ3n) is 3.68. The Morgan fingerprint density at radius 2 is 2.33 bits per heavy atom. The van der Waals surface area contributed by atoms with Crippen molar-refractivity contribution in [3.8, 4) is 0 Å². The Kier molecular flexibility index (Phi) is 3.68. The maximum Gasteiger partial charge on any atom is 0.258 e. The van der Waals surface area contributed by atoms with E-state index >= 15 is 0 Å². The van der Waals surface area contributed by atoms with E-state index in [9.17, 15) is 9.18 Å². The van der Waals surface area contributed by atoms with Crippen molar-refractivity contribution in [1.29, 1.82) is 0 Å².